The molecule has 0 radical (unpaired) electrons. The van der Waals surface area contributed by atoms with E-state index in [1.165, 1.54) is 25.0 Å². The maximum absolute atomic E-state index is 12.2. The van der Waals surface area contributed by atoms with E-state index in [4.69, 9.17) is 18.0 Å². The zero-order valence-corrected chi connectivity index (χ0v) is 14.3. The topological polar surface area (TPSA) is 72.2 Å². The first-order valence-electron chi connectivity index (χ1n) is 7.29. The number of thiocarbonyl (C=S) groups is 1. The van der Waals surface area contributed by atoms with Crippen LogP contribution in [0.5, 0.6) is 0 Å². The summed E-state index contributed by atoms with van der Waals surface area (Å²) in [6, 6.07) is 6.24. The van der Waals surface area contributed by atoms with Crippen molar-refractivity contribution in [1.82, 2.24) is 4.72 Å². The van der Waals surface area contributed by atoms with Crippen molar-refractivity contribution >= 4 is 27.2 Å². The fraction of sp³-hybridized carbons (Fsp3) is 0.533. The van der Waals surface area contributed by atoms with Gasteiger partial charge in [0.05, 0.1) is 4.90 Å². The zero-order valence-electron chi connectivity index (χ0n) is 12.6. The van der Waals surface area contributed by atoms with E-state index in [0.29, 0.717) is 5.56 Å². The van der Waals surface area contributed by atoms with Crippen molar-refractivity contribution in [2.24, 2.45) is 5.73 Å². The average molecular weight is 329 g/mol. The summed E-state index contributed by atoms with van der Waals surface area (Å²) in [7, 11) is -3.48. The van der Waals surface area contributed by atoms with Crippen molar-refractivity contribution in [3.63, 3.8) is 0 Å². The van der Waals surface area contributed by atoms with Gasteiger partial charge >= 0.3 is 0 Å². The van der Waals surface area contributed by atoms with Crippen LogP contribution in [0.25, 0.3) is 0 Å². The Morgan fingerprint density at radius 2 is 1.86 bits per heavy atom. The standard InChI is InChI=1S/C15H24N2O2S2/c1-3-4-5-6-7-12(2)17-21(18,19)14-10-8-13(9-11-14)15(16)20/h8-12,17H,3-7H2,1-2H3,(H2,16,20). The molecule has 0 aliphatic carbocycles. The smallest absolute Gasteiger partial charge is 0.240 e. The minimum absolute atomic E-state index is 0.0675. The molecule has 1 atom stereocenters. The Morgan fingerprint density at radius 3 is 2.38 bits per heavy atom. The third kappa shape index (κ3) is 6.11. The second kappa shape index (κ2) is 8.46. The molecule has 0 bridgehead atoms. The SMILES string of the molecule is CCCCCCC(C)NS(=O)(=O)c1ccc(C(N)=S)cc1. The number of benzene rings is 1. The largest absolute Gasteiger partial charge is 0.389 e. The van der Waals surface area contributed by atoms with Gasteiger partial charge in [-0.15, -0.1) is 0 Å². The van der Waals surface area contributed by atoms with Crippen LogP contribution < -0.4 is 10.5 Å². The Kier molecular flexibility index (Phi) is 7.28. The summed E-state index contributed by atoms with van der Waals surface area (Å²) in [4.78, 5) is 0.499. The molecule has 0 saturated carbocycles. The lowest BCUT2D eigenvalue weighted by Gasteiger charge is -2.14. The molecule has 0 spiro atoms. The molecule has 1 aromatic carbocycles. The van der Waals surface area contributed by atoms with Crippen LogP contribution in [-0.2, 0) is 10.0 Å². The van der Waals surface area contributed by atoms with E-state index < -0.39 is 10.0 Å². The molecule has 0 aliphatic rings. The molecule has 6 heteroatoms. The Bertz CT molecular complexity index is 554. The van der Waals surface area contributed by atoms with Gasteiger partial charge in [-0.3, -0.25) is 0 Å². The highest BCUT2D eigenvalue weighted by atomic mass is 32.2. The van der Waals surface area contributed by atoms with Gasteiger partial charge in [0.2, 0.25) is 10.0 Å². The number of nitrogens with two attached hydrogens (primary N) is 1. The van der Waals surface area contributed by atoms with Gasteiger partial charge in [-0.1, -0.05) is 57.0 Å². The Balaban J connectivity index is 2.62. The van der Waals surface area contributed by atoms with Crippen molar-refractivity contribution in [2.45, 2.75) is 56.9 Å². The van der Waals surface area contributed by atoms with Gasteiger partial charge < -0.3 is 5.73 Å². The van der Waals surface area contributed by atoms with Crippen molar-refractivity contribution < 1.29 is 8.42 Å². The summed E-state index contributed by atoms with van der Waals surface area (Å²) < 4.78 is 27.2. The number of nitrogens with one attached hydrogen (secondary N) is 1. The van der Waals surface area contributed by atoms with Gasteiger partial charge in [0, 0.05) is 11.6 Å². The molecule has 3 N–H and O–H groups in total. The first-order valence-corrected chi connectivity index (χ1v) is 9.18. The fourth-order valence-electron chi connectivity index (χ4n) is 2.07. The molecule has 118 valence electrons. The quantitative estimate of drug-likeness (QED) is 0.540. The second-order valence-corrected chi connectivity index (χ2v) is 7.41. The lowest BCUT2D eigenvalue weighted by atomic mass is 10.1. The third-order valence-corrected chi connectivity index (χ3v) is 5.14. The molecule has 0 heterocycles. The maximum atomic E-state index is 12.2. The van der Waals surface area contributed by atoms with Crippen LogP contribution in [0.15, 0.2) is 29.2 Å². The summed E-state index contributed by atoms with van der Waals surface area (Å²) in [5.74, 6) is 0. The predicted octanol–water partition coefficient (Wildman–Crippen LogP) is 2.96. The van der Waals surface area contributed by atoms with E-state index in [1.54, 1.807) is 12.1 Å². The van der Waals surface area contributed by atoms with E-state index >= 15 is 0 Å². The molecule has 1 unspecified atom stereocenters. The molecular weight excluding hydrogens is 304 g/mol. The third-order valence-electron chi connectivity index (χ3n) is 3.30. The van der Waals surface area contributed by atoms with E-state index in [9.17, 15) is 8.42 Å². The van der Waals surface area contributed by atoms with E-state index in [2.05, 4.69) is 11.6 Å². The minimum Gasteiger partial charge on any atom is -0.389 e. The van der Waals surface area contributed by atoms with Crippen molar-refractivity contribution in [1.29, 1.82) is 0 Å². The molecule has 1 aromatic rings. The van der Waals surface area contributed by atoms with Gasteiger partial charge in [-0.25, -0.2) is 13.1 Å². The summed E-state index contributed by atoms with van der Waals surface area (Å²) in [5, 5.41) is 0. The van der Waals surface area contributed by atoms with Crippen LogP contribution in [0.3, 0.4) is 0 Å². The monoisotopic (exact) mass is 328 g/mol. The molecule has 0 aliphatic heterocycles. The normalized spacial score (nSPS) is 13.0. The summed E-state index contributed by atoms with van der Waals surface area (Å²) >= 11 is 4.85. The van der Waals surface area contributed by atoms with Crippen LogP contribution in [0.1, 0.15) is 51.5 Å². The minimum atomic E-state index is -3.48. The summed E-state index contributed by atoms with van der Waals surface area (Å²) in [6.07, 6.45) is 5.41. The average Bonchev–Trinajstić information content (AvgIpc) is 2.43. The summed E-state index contributed by atoms with van der Waals surface area (Å²) in [5.41, 5.74) is 6.16. The van der Waals surface area contributed by atoms with Crippen LogP contribution in [0, 0.1) is 0 Å². The maximum Gasteiger partial charge on any atom is 0.240 e. The number of rotatable bonds is 9. The van der Waals surface area contributed by atoms with Crippen LogP contribution in [0.4, 0.5) is 0 Å². The molecule has 0 amide bonds. The Labute approximate surface area is 133 Å². The lowest BCUT2D eigenvalue weighted by Crippen LogP contribution is -2.32. The number of unbranched alkanes of at least 4 members (excludes halogenated alkanes) is 3. The first kappa shape index (κ1) is 18.1. The Hall–Kier alpha value is -0.980. The molecule has 21 heavy (non-hydrogen) atoms. The zero-order chi connectivity index (χ0) is 15.9. The van der Waals surface area contributed by atoms with Crippen LogP contribution in [0.2, 0.25) is 0 Å². The highest BCUT2D eigenvalue weighted by Gasteiger charge is 2.17. The van der Waals surface area contributed by atoms with Crippen molar-refractivity contribution in [3.8, 4) is 0 Å². The molecule has 0 aromatic heterocycles. The van der Waals surface area contributed by atoms with Gasteiger partial charge in [0.25, 0.3) is 0 Å². The van der Waals surface area contributed by atoms with E-state index in [1.807, 2.05) is 6.92 Å². The molecule has 1 rings (SSSR count). The number of hydrogen-bond acceptors (Lipinski definition) is 3. The van der Waals surface area contributed by atoms with Gasteiger partial charge in [-0.05, 0) is 25.5 Å². The van der Waals surface area contributed by atoms with E-state index in [-0.39, 0.29) is 15.9 Å². The second-order valence-electron chi connectivity index (χ2n) is 5.26. The lowest BCUT2D eigenvalue weighted by molar-refractivity contribution is 0.522. The van der Waals surface area contributed by atoms with Gasteiger partial charge in [0.1, 0.15) is 4.99 Å². The van der Waals surface area contributed by atoms with Gasteiger partial charge in [0.15, 0.2) is 0 Å². The predicted molar refractivity (Wildman–Crippen MR) is 90.9 cm³/mol. The van der Waals surface area contributed by atoms with Crippen LogP contribution in [-0.4, -0.2) is 19.4 Å². The molecule has 0 fully saturated rings. The van der Waals surface area contributed by atoms with E-state index in [0.717, 1.165) is 19.3 Å². The molecular formula is C15H24N2O2S2. The molecule has 4 nitrogen and oxygen atoms in total. The highest BCUT2D eigenvalue weighted by Crippen LogP contribution is 2.13. The van der Waals surface area contributed by atoms with Crippen molar-refractivity contribution in [2.75, 3.05) is 0 Å². The highest BCUT2D eigenvalue weighted by molar-refractivity contribution is 7.89. The fourth-order valence-corrected chi connectivity index (χ4v) is 3.48. The number of sulfonamides is 1. The van der Waals surface area contributed by atoms with Gasteiger partial charge in [-0.2, -0.15) is 0 Å². The van der Waals surface area contributed by atoms with Crippen molar-refractivity contribution in [3.05, 3.63) is 29.8 Å². The number of hydrogen-bond donors (Lipinski definition) is 2. The molecule has 0 saturated heterocycles. The Morgan fingerprint density at radius 1 is 1.24 bits per heavy atom. The first-order chi connectivity index (χ1) is 9.86. The summed E-state index contributed by atoms with van der Waals surface area (Å²) in [6.45, 7) is 4.05. The van der Waals surface area contributed by atoms with Crippen LogP contribution >= 0.6 is 12.2 Å².